The molecule has 164 valence electrons. The Bertz CT molecular complexity index is 977. The number of hydrogen-bond donors (Lipinski definition) is 2. The molecule has 2 aromatic rings. The van der Waals surface area contributed by atoms with Gasteiger partial charge in [0.15, 0.2) is 0 Å². The molecular weight excluding hydrogens is 437 g/mol. The molecule has 0 bridgehead atoms. The monoisotopic (exact) mass is 461 g/mol. The van der Waals surface area contributed by atoms with Crippen molar-refractivity contribution in [1.29, 1.82) is 0 Å². The zero-order chi connectivity index (χ0) is 22.5. The molecule has 2 N–H and O–H groups in total. The van der Waals surface area contributed by atoms with Gasteiger partial charge in [-0.05, 0) is 55.3 Å². The lowest BCUT2D eigenvalue weighted by Gasteiger charge is -2.32. The minimum absolute atomic E-state index is 0.0641. The molecule has 1 unspecified atom stereocenters. The second kappa shape index (κ2) is 10.2. The topological polar surface area (TPSA) is 78.5 Å². The average Bonchev–Trinajstić information content (AvgIpc) is 2.76. The lowest BCUT2D eigenvalue weighted by Crippen LogP contribution is -2.43. The summed E-state index contributed by atoms with van der Waals surface area (Å²) in [6.45, 7) is 4.58. The van der Waals surface area contributed by atoms with Gasteiger partial charge in [0, 0.05) is 35.9 Å². The van der Waals surface area contributed by atoms with E-state index in [0.717, 1.165) is 6.42 Å². The van der Waals surface area contributed by atoms with E-state index < -0.39 is 0 Å². The normalized spacial score (nSPS) is 16.2. The highest BCUT2D eigenvalue weighted by Crippen LogP contribution is 2.25. The van der Waals surface area contributed by atoms with Gasteiger partial charge < -0.3 is 15.5 Å². The van der Waals surface area contributed by atoms with Gasteiger partial charge in [0.1, 0.15) is 0 Å². The smallest absolute Gasteiger partial charge is 0.253 e. The molecule has 0 aromatic heterocycles. The van der Waals surface area contributed by atoms with Crippen molar-refractivity contribution < 1.29 is 14.4 Å². The van der Waals surface area contributed by atoms with Crippen molar-refractivity contribution in [2.45, 2.75) is 26.7 Å². The van der Waals surface area contributed by atoms with Crippen LogP contribution in [0.3, 0.4) is 0 Å². The molecule has 1 heterocycles. The van der Waals surface area contributed by atoms with Crippen molar-refractivity contribution >= 4 is 52.3 Å². The summed E-state index contributed by atoms with van der Waals surface area (Å²) in [4.78, 5) is 39.0. The Kier molecular flexibility index (Phi) is 7.57. The SMILES string of the molecule is CC(C)C(=O)Nc1ccc(NC(=O)C2CCCN(C(=O)c3ccc(Cl)c(Cl)c3)C2)cc1. The fourth-order valence-electron chi connectivity index (χ4n) is 3.36. The fourth-order valence-corrected chi connectivity index (χ4v) is 3.65. The van der Waals surface area contributed by atoms with Gasteiger partial charge in [-0.2, -0.15) is 0 Å². The Morgan fingerprint density at radius 1 is 0.968 bits per heavy atom. The zero-order valence-corrected chi connectivity index (χ0v) is 19.0. The first-order valence-electron chi connectivity index (χ1n) is 10.2. The van der Waals surface area contributed by atoms with Crippen LogP contribution in [-0.2, 0) is 9.59 Å². The molecule has 1 fully saturated rings. The van der Waals surface area contributed by atoms with Crippen LogP contribution in [0.4, 0.5) is 11.4 Å². The number of amides is 3. The van der Waals surface area contributed by atoms with Gasteiger partial charge in [-0.15, -0.1) is 0 Å². The van der Waals surface area contributed by atoms with E-state index in [4.69, 9.17) is 23.2 Å². The van der Waals surface area contributed by atoms with Crippen LogP contribution in [-0.4, -0.2) is 35.7 Å². The number of halogens is 2. The van der Waals surface area contributed by atoms with Crippen LogP contribution < -0.4 is 10.6 Å². The van der Waals surface area contributed by atoms with E-state index in [2.05, 4.69) is 10.6 Å². The molecule has 0 aliphatic carbocycles. The molecule has 0 spiro atoms. The molecule has 6 nitrogen and oxygen atoms in total. The van der Waals surface area contributed by atoms with Crippen LogP contribution in [0.15, 0.2) is 42.5 Å². The van der Waals surface area contributed by atoms with Crippen molar-refractivity contribution in [2.24, 2.45) is 11.8 Å². The Hall–Kier alpha value is -2.57. The second-order valence-corrected chi connectivity index (χ2v) is 8.74. The largest absolute Gasteiger partial charge is 0.338 e. The van der Waals surface area contributed by atoms with Crippen LogP contribution in [0.25, 0.3) is 0 Å². The predicted octanol–water partition coefficient (Wildman–Crippen LogP) is 5.08. The van der Waals surface area contributed by atoms with Crippen molar-refractivity contribution in [1.82, 2.24) is 4.90 Å². The van der Waals surface area contributed by atoms with Gasteiger partial charge >= 0.3 is 0 Å². The van der Waals surface area contributed by atoms with Crippen LogP contribution >= 0.6 is 23.2 Å². The van der Waals surface area contributed by atoms with Crippen LogP contribution in [0.5, 0.6) is 0 Å². The summed E-state index contributed by atoms with van der Waals surface area (Å²) in [5.74, 6) is -0.779. The molecular formula is C23H25Cl2N3O3. The number of rotatable bonds is 5. The number of benzene rings is 2. The zero-order valence-electron chi connectivity index (χ0n) is 17.5. The Balaban J connectivity index is 1.59. The Labute approximate surface area is 191 Å². The van der Waals surface area contributed by atoms with Gasteiger partial charge in [0.25, 0.3) is 5.91 Å². The molecule has 3 rings (SSSR count). The summed E-state index contributed by atoms with van der Waals surface area (Å²) >= 11 is 12.0. The van der Waals surface area contributed by atoms with E-state index in [1.165, 1.54) is 0 Å². The molecule has 3 amide bonds. The standard InChI is InChI=1S/C23H25Cl2N3O3/c1-14(2)21(29)26-17-6-8-18(9-7-17)27-22(30)16-4-3-11-28(13-16)23(31)15-5-10-19(24)20(25)12-15/h5-10,12,14,16H,3-4,11,13H2,1-2H3,(H,26,29)(H,27,30). The van der Waals surface area contributed by atoms with Crippen molar-refractivity contribution in [3.05, 3.63) is 58.1 Å². The van der Waals surface area contributed by atoms with E-state index in [9.17, 15) is 14.4 Å². The molecule has 2 aromatic carbocycles. The highest BCUT2D eigenvalue weighted by atomic mass is 35.5. The summed E-state index contributed by atoms with van der Waals surface area (Å²) in [6.07, 6.45) is 1.45. The first-order chi connectivity index (χ1) is 14.7. The number of nitrogens with zero attached hydrogens (tertiary/aromatic N) is 1. The maximum atomic E-state index is 12.8. The third kappa shape index (κ3) is 5.99. The van der Waals surface area contributed by atoms with Gasteiger partial charge in [-0.25, -0.2) is 0 Å². The lowest BCUT2D eigenvalue weighted by molar-refractivity contribution is -0.121. The fraction of sp³-hybridized carbons (Fsp3) is 0.348. The number of hydrogen-bond acceptors (Lipinski definition) is 3. The van der Waals surface area contributed by atoms with Crippen molar-refractivity contribution in [3.63, 3.8) is 0 Å². The van der Waals surface area contributed by atoms with E-state index >= 15 is 0 Å². The number of nitrogens with one attached hydrogen (secondary N) is 2. The average molecular weight is 462 g/mol. The van der Waals surface area contributed by atoms with E-state index in [0.29, 0.717) is 46.5 Å². The van der Waals surface area contributed by atoms with Gasteiger partial charge in [-0.3, -0.25) is 14.4 Å². The second-order valence-electron chi connectivity index (χ2n) is 7.93. The molecule has 1 atom stereocenters. The van der Waals surface area contributed by atoms with Crippen LogP contribution in [0, 0.1) is 11.8 Å². The minimum Gasteiger partial charge on any atom is -0.338 e. The van der Waals surface area contributed by atoms with Crippen LogP contribution in [0.1, 0.15) is 37.0 Å². The molecule has 8 heteroatoms. The lowest BCUT2D eigenvalue weighted by atomic mass is 9.96. The van der Waals surface area contributed by atoms with E-state index in [-0.39, 0.29) is 29.6 Å². The highest BCUT2D eigenvalue weighted by molar-refractivity contribution is 6.42. The first kappa shape index (κ1) is 23.1. The Morgan fingerprint density at radius 3 is 2.23 bits per heavy atom. The van der Waals surface area contributed by atoms with Gasteiger partial charge in [-0.1, -0.05) is 37.0 Å². The quantitative estimate of drug-likeness (QED) is 0.651. The van der Waals surface area contributed by atoms with E-state index in [1.54, 1.807) is 47.4 Å². The minimum atomic E-state index is -0.305. The van der Waals surface area contributed by atoms with Crippen molar-refractivity contribution in [2.75, 3.05) is 23.7 Å². The summed E-state index contributed by atoms with van der Waals surface area (Å²) < 4.78 is 0. The number of likely N-dealkylation sites (tertiary alicyclic amines) is 1. The third-order valence-corrected chi connectivity index (χ3v) is 5.93. The summed E-state index contributed by atoms with van der Waals surface area (Å²) in [5.41, 5.74) is 1.77. The molecule has 1 aliphatic heterocycles. The predicted molar refractivity (Wildman–Crippen MR) is 124 cm³/mol. The Morgan fingerprint density at radius 2 is 1.61 bits per heavy atom. The van der Waals surface area contributed by atoms with Gasteiger partial charge in [0.05, 0.1) is 16.0 Å². The summed E-state index contributed by atoms with van der Waals surface area (Å²) in [7, 11) is 0. The number of carbonyl (C=O) groups excluding carboxylic acids is 3. The van der Waals surface area contributed by atoms with Crippen molar-refractivity contribution in [3.8, 4) is 0 Å². The number of piperidine rings is 1. The third-order valence-electron chi connectivity index (χ3n) is 5.19. The maximum Gasteiger partial charge on any atom is 0.253 e. The first-order valence-corrected chi connectivity index (χ1v) is 11.0. The summed E-state index contributed by atoms with van der Waals surface area (Å²) in [6, 6.07) is 11.8. The molecule has 1 saturated heterocycles. The highest BCUT2D eigenvalue weighted by Gasteiger charge is 2.29. The van der Waals surface area contributed by atoms with E-state index in [1.807, 2.05) is 13.8 Å². The number of carbonyl (C=O) groups is 3. The number of anilines is 2. The molecule has 0 radical (unpaired) electrons. The maximum absolute atomic E-state index is 12.8. The molecule has 0 saturated carbocycles. The van der Waals surface area contributed by atoms with Crippen LogP contribution in [0.2, 0.25) is 10.0 Å². The molecule has 1 aliphatic rings. The van der Waals surface area contributed by atoms with Gasteiger partial charge in [0.2, 0.25) is 11.8 Å². The molecule has 31 heavy (non-hydrogen) atoms. The summed E-state index contributed by atoms with van der Waals surface area (Å²) in [5, 5.41) is 6.43.